The van der Waals surface area contributed by atoms with Gasteiger partial charge in [0.15, 0.2) is 6.29 Å². The molecular weight excluding hydrogens is 749 g/mol. The molecule has 1 aliphatic heterocycles. The number of methoxy groups -OCH3 is 1. The van der Waals surface area contributed by atoms with Crippen molar-refractivity contribution in [1.82, 2.24) is 0 Å². The van der Waals surface area contributed by atoms with Gasteiger partial charge >= 0.3 is 0 Å². The van der Waals surface area contributed by atoms with Gasteiger partial charge in [0, 0.05) is 43.2 Å². The minimum absolute atomic E-state index is 0.00711. The number of carbonyl (C=O) groups is 1. The Balaban J connectivity index is 1.48. The number of thioether (sulfide) groups is 1. The van der Waals surface area contributed by atoms with E-state index in [1.165, 1.54) is 19.2 Å². The van der Waals surface area contributed by atoms with Crippen LogP contribution < -0.4 is 14.2 Å². The first kappa shape index (κ1) is 41.9. The van der Waals surface area contributed by atoms with Crippen LogP contribution in [0.1, 0.15) is 79.3 Å². The Labute approximate surface area is 338 Å². The average Bonchev–Trinajstić information content (AvgIpc) is 3.22. The molecule has 0 amide bonds. The molecule has 0 unspecified atom stereocenters. The molecule has 6 atom stereocenters. The monoisotopic (exact) mass is 800 g/mol. The summed E-state index contributed by atoms with van der Waals surface area (Å²) in [5.74, 6) is 1.73. The molecule has 0 saturated heterocycles. The lowest BCUT2D eigenvalue weighted by Gasteiger charge is -2.58. The second kappa shape index (κ2) is 19.6. The summed E-state index contributed by atoms with van der Waals surface area (Å²) in [6.07, 6.45) is 10.0. The summed E-state index contributed by atoms with van der Waals surface area (Å²) in [5.41, 5.74) is 3.91. The molecular formula is C44H52N2O10S. The van der Waals surface area contributed by atoms with Gasteiger partial charge in [0.1, 0.15) is 29.6 Å². The van der Waals surface area contributed by atoms with Crippen LogP contribution in [0.25, 0.3) is 0 Å². The van der Waals surface area contributed by atoms with Crippen LogP contribution in [0.15, 0.2) is 90.1 Å². The number of allylic oxidation sites excluding steroid dienone is 1. The third kappa shape index (κ3) is 9.22. The number of hydrogen-bond donors (Lipinski definition) is 2. The number of rotatable bonds is 21. The minimum atomic E-state index is -1.09. The maximum atomic E-state index is 11.8. The van der Waals surface area contributed by atoms with Gasteiger partial charge in [-0.25, -0.2) is 0 Å². The van der Waals surface area contributed by atoms with Crippen LogP contribution >= 0.6 is 11.8 Å². The van der Waals surface area contributed by atoms with E-state index in [1.54, 1.807) is 48.2 Å². The number of fused-ring (bicyclic) bond motifs is 2. The van der Waals surface area contributed by atoms with Crippen molar-refractivity contribution in [3.05, 3.63) is 112 Å². The minimum Gasteiger partial charge on any atom is -0.496 e. The first-order valence-electron chi connectivity index (χ1n) is 19.7. The summed E-state index contributed by atoms with van der Waals surface area (Å²) in [4.78, 5) is 28.7. The van der Waals surface area contributed by atoms with E-state index >= 15 is 0 Å². The number of aldehydes is 1. The molecule has 3 aromatic carbocycles. The Morgan fingerprint density at radius 2 is 1.77 bits per heavy atom. The standard InChI is InChI=1S/C44H52N2O10S/c1-4-22-53-44-41(57-5-2)26-38(45-54-28-29-12-14-32(15-13-29)46(50)51)36-24-30(10-6-8-20-47)35(11-7-9-21-48)42(43(36)44)37-25-34(17-19-40(37)56-44)55-33-16-18-39(52-3)31(23-33)27-49/h4,12-19,23-25,27,30,35,41-43,47-48H,1,5-11,20-22,26,28H2,2-3H3/t30-,35+,41-,42+,43+,44+/m0/s1. The second-order valence-corrected chi connectivity index (χ2v) is 16.0. The summed E-state index contributed by atoms with van der Waals surface area (Å²) in [6.45, 7) is 6.71. The number of carbonyl (C=O) groups excluding carboxylic acids is 1. The van der Waals surface area contributed by atoms with E-state index in [0.717, 1.165) is 60.1 Å². The zero-order valence-corrected chi connectivity index (χ0v) is 33.4. The lowest BCUT2D eigenvalue weighted by Crippen LogP contribution is -2.64. The van der Waals surface area contributed by atoms with Gasteiger partial charge in [-0.05, 0) is 103 Å². The van der Waals surface area contributed by atoms with Crippen molar-refractivity contribution in [2.24, 2.45) is 22.9 Å². The summed E-state index contributed by atoms with van der Waals surface area (Å²) < 4.78 is 25.9. The van der Waals surface area contributed by atoms with Crippen LogP contribution in [0.5, 0.6) is 23.0 Å². The van der Waals surface area contributed by atoms with Gasteiger partial charge in [0.05, 0.1) is 41.1 Å². The molecule has 12 nitrogen and oxygen atoms in total. The molecule has 0 bridgehead atoms. The lowest BCUT2D eigenvalue weighted by atomic mass is 9.56. The fraction of sp³-hybridized carbons (Fsp3) is 0.455. The summed E-state index contributed by atoms with van der Waals surface area (Å²) >= 11 is 1.75. The number of nitrogens with zero attached hydrogens (tertiary/aromatic N) is 2. The van der Waals surface area contributed by atoms with Crippen molar-refractivity contribution in [3.8, 4) is 23.0 Å². The zero-order chi connectivity index (χ0) is 40.4. The molecule has 0 spiro atoms. The highest BCUT2D eigenvalue weighted by Gasteiger charge is 2.63. The number of benzene rings is 3. The molecule has 57 heavy (non-hydrogen) atoms. The first-order chi connectivity index (χ1) is 27.8. The third-order valence-corrected chi connectivity index (χ3v) is 12.3. The Kier molecular flexibility index (Phi) is 14.5. The van der Waals surface area contributed by atoms with Crippen LogP contribution in [0, 0.1) is 27.9 Å². The lowest BCUT2D eigenvalue weighted by molar-refractivity contribution is -0.384. The fourth-order valence-corrected chi connectivity index (χ4v) is 9.82. The molecule has 1 fully saturated rings. The van der Waals surface area contributed by atoms with E-state index in [4.69, 9.17) is 28.9 Å². The van der Waals surface area contributed by atoms with Crippen molar-refractivity contribution in [2.45, 2.75) is 75.4 Å². The average molecular weight is 801 g/mol. The van der Waals surface area contributed by atoms with E-state index in [-0.39, 0.29) is 61.0 Å². The number of ether oxygens (including phenoxy) is 4. The number of aliphatic hydroxyl groups excluding tert-OH is 2. The Morgan fingerprint density at radius 3 is 2.46 bits per heavy atom. The van der Waals surface area contributed by atoms with Crippen LogP contribution in [-0.4, -0.2) is 70.9 Å². The van der Waals surface area contributed by atoms with E-state index in [2.05, 4.69) is 19.6 Å². The predicted octanol–water partition coefficient (Wildman–Crippen LogP) is 8.80. The molecule has 0 radical (unpaired) electrons. The van der Waals surface area contributed by atoms with Gasteiger partial charge in [-0.1, -0.05) is 37.1 Å². The molecule has 1 heterocycles. The second-order valence-electron chi connectivity index (χ2n) is 14.5. The van der Waals surface area contributed by atoms with Crippen molar-refractivity contribution in [1.29, 1.82) is 0 Å². The predicted molar refractivity (Wildman–Crippen MR) is 219 cm³/mol. The highest BCUT2D eigenvalue weighted by Crippen LogP contribution is 2.62. The van der Waals surface area contributed by atoms with E-state index in [1.807, 2.05) is 18.2 Å². The number of hydrogen-bond acceptors (Lipinski definition) is 12. The summed E-state index contributed by atoms with van der Waals surface area (Å²) in [5, 5.41) is 35.5. The number of nitro benzene ring substituents is 1. The molecule has 13 heteroatoms. The third-order valence-electron chi connectivity index (χ3n) is 11.1. The molecule has 3 aliphatic rings. The van der Waals surface area contributed by atoms with Crippen LogP contribution in [0.3, 0.4) is 0 Å². The SMILES string of the molecule is C=CCO[C@@]12Oc3ccc(Oc4ccc(OC)c(C=O)c4)cc3[C@H]3[C@H](CCCCO)[C@@H](CCCCO)C=C(C(=NOCc4ccc([N+](=O)[O-])cc4)C[C@@H]1SCC)[C@H]32. The summed E-state index contributed by atoms with van der Waals surface area (Å²) in [7, 11) is 1.52. The molecule has 0 aromatic heterocycles. The van der Waals surface area contributed by atoms with Crippen molar-refractivity contribution in [2.75, 3.05) is 32.7 Å². The van der Waals surface area contributed by atoms with Crippen molar-refractivity contribution < 1.29 is 43.7 Å². The maximum Gasteiger partial charge on any atom is 0.269 e. The molecule has 2 N–H and O–H groups in total. The Hall–Kier alpha value is -4.69. The van der Waals surface area contributed by atoms with Crippen LogP contribution in [0.2, 0.25) is 0 Å². The molecule has 2 aliphatic carbocycles. The van der Waals surface area contributed by atoms with Gasteiger partial charge in [0.25, 0.3) is 5.69 Å². The topological polar surface area (TPSA) is 159 Å². The Bertz CT molecular complexity index is 1930. The molecule has 1 saturated carbocycles. The van der Waals surface area contributed by atoms with Gasteiger partial charge in [-0.15, -0.1) is 6.58 Å². The number of aliphatic hydroxyl groups is 2. The largest absolute Gasteiger partial charge is 0.496 e. The van der Waals surface area contributed by atoms with Crippen molar-refractivity contribution >= 4 is 29.4 Å². The van der Waals surface area contributed by atoms with E-state index < -0.39 is 10.7 Å². The number of non-ortho nitro benzene ring substituents is 1. The highest BCUT2D eigenvalue weighted by molar-refractivity contribution is 8.00. The molecule has 6 rings (SSSR count). The maximum absolute atomic E-state index is 11.8. The van der Waals surface area contributed by atoms with E-state index in [0.29, 0.717) is 47.8 Å². The van der Waals surface area contributed by atoms with E-state index in [9.17, 15) is 25.1 Å². The summed E-state index contributed by atoms with van der Waals surface area (Å²) in [6, 6.07) is 17.2. The molecule has 304 valence electrons. The van der Waals surface area contributed by atoms with Crippen LogP contribution in [-0.2, 0) is 16.2 Å². The first-order valence-corrected chi connectivity index (χ1v) is 20.7. The van der Waals surface area contributed by atoms with Gasteiger partial charge in [-0.2, -0.15) is 11.8 Å². The Morgan fingerprint density at radius 1 is 1.04 bits per heavy atom. The van der Waals surface area contributed by atoms with Crippen molar-refractivity contribution in [3.63, 3.8) is 0 Å². The highest BCUT2D eigenvalue weighted by atomic mass is 32.2. The fourth-order valence-electron chi connectivity index (χ4n) is 8.64. The number of nitro groups is 1. The number of unbranched alkanes of at least 4 members (excludes halogenated alkanes) is 2. The smallest absolute Gasteiger partial charge is 0.269 e. The normalized spacial score (nSPS) is 24.0. The van der Waals surface area contributed by atoms with Gasteiger partial charge < -0.3 is 34.0 Å². The van der Waals surface area contributed by atoms with Crippen LogP contribution in [0.4, 0.5) is 5.69 Å². The quantitative estimate of drug-likeness (QED) is 0.0349. The zero-order valence-electron chi connectivity index (χ0n) is 32.5. The van der Waals surface area contributed by atoms with Gasteiger partial charge in [0.2, 0.25) is 5.79 Å². The van der Waals surface area contributed by atoms with Gasteiger partial charge in [-0.3, -0.25) is 14.9 Å². The number of oxime groups is 1. The molecule has 3 aromatic rings.